The molecular weight excluding hydrogens is 711 g/mol. The van der Waals surface area contributed by atoms with Crippen LogP contribution in [0, 0.1) is 20.8 Å². The molecule has 0 unspecified atom stereocenters. The first-order chi connectivity index (χ1) is 28.9. The van der Waals surface area contributed by atoms with Crippen molar-refractivity contribution < 1.29 is 0 Å². The van der Waals surface area contributed by atoms with Gasteiger partial charge in [0.25, 0.3) is 0 Å². The number of nitrogens with one attached hydrogen (secondary N) is 1. The van der Waals surface area contributed by atoms with Crippen LogP contribution in [-0.4, -0.2) is 0 Å². The minimum atomic E-state index is 1.05. The summed E-state index contributed by atoms with van der Waals surface area (Å²) in [6.07, 6.45) is 18.8. The second-order valence-corrected chi connectivity index (χ2v) is 15.3. The lowest BCUT2D eigenvalue weighted by molar-refractivity contribution is 0.982. The molecule has 0 amide bonds. The molecule has 7 aromatic rings. The first kappa shape index (κ1) is 40.2. The van der Waals surface area contributed by atoms with E-state index in [-0.39, 0.29) is 0 Å². The monoisotopic (exact) mass is 763 g/mol. The van der Waals surface area contributed by atoms with Crippen LogP contribution < -0.4 is 5.32 Å². The highest BCUT2D eigenvalue weighted by molar-refractivity contribution is 5.90. The minimum absolute atomic E-state index is 1.05. The van der Waals surface area contributed by atoms with E-state index in [4.69, 9.17) is 0 Å². The number of fused-ring (bicyclic) bond motifs is 1. The summed E-state index contributed by atoms with van der Waals surface area (Å²) in [7, 11) is 0. The van der Waals surface area contributed by atoms with Crippen molar-refractivity contribution in [3.05, 3.63) is 245 Å². The smallest absolute Gasteiger partial charge is 0.0386 e. The fraction of sp³-hybridized carbons (Fsp3) is 0.103. The van der Waals surface area contributed by atoms with Crippen LogP contribution in [0.25, 0.3) is 56.3 Å². The Hall–Kier alpha value is -6.96. The maximum atomic E-state index is 4.04. The SMILES string of the molecule is C=Cc1ccccc1-c1cc(C2=CC(c3ccc(\C=C/C=C\C=C\Nc4ccc5ccccc5c4)cc3C)=C(C)CC2)ccc1C.Cc1ccc(-c2ccccc2)cc1. The van der Waals surface area contributed by atoms with E-state index in [1.165, 1.54) is 88.7 Å². The lowest BCUT2D eigenvalue weighted by Crippen LogP contribution is -2.00. The third-order valence-electron chi connectivity index (χ3n) is 11.0. The molecule has 7 aromatic carbocycles. The fourth-order valence-electron chi connectivity index (χ4n) is 7.64. The summed E-state index contributed by atoms with van der Waals surface area (Å²) in [6.45, 7) is 12.8. The Morgan fingerprint density at radius 2 is 1.22 bits per heavy atom. The van der Waals surface area contributed by atoms with Crippen molar-refractivity contribution in [1.82, 2.24) is 0 Å². The molecule has 0 saturated carbocycles. The Bertz CT molecular complexity index is 2720. The maximum Gasteiger partial charge on any atom is 0.0386 e. The third-order valence-corrected chi connectivity index (χ3v) is 11.0. The number of hydrogen-bond acceptors (Lipinski definition) is 1. The Labute approximate surface area is 351 Å². The largest absolute Gasteiger partial charge is 0.362 e. The molecule has 1 N–H and O–H groups in total. The normalized spacial score (nSPS) is 12.8. The maximum absolute atomic E-state index is 4.04. The average molecular weight is 764 g/mol. The van der Waals surface area contributed by atoms with Gasteiger partial charge in [0.2, 0.25) is 0 Å². The molecule has 1 aliphatic rings. The van der Waals surface area contributed by atoms with E-state index in [1.54, 1.807) is 0 Å². The summed E-state index contributed by atoms with van der Waals surface area (Å²) in [6, 6.07) is 56.1. The van der Waals surface area contributed by atoms with Crippen molar-refractivity contribution in [2.75, 3.05) is 5.32 Å². The number of aryl methyl sites for hydroxylation is 3. The van der Waals surface area contributed by atoms with Crippen LogP contribution in [0.3, 0.4) is 0 Å². The predicted octanol–water partition coefficient (Wildman–Crippen LogP) is 16.3. The molecule has 0 heterocycles. The van der Waals surface area contributed by atoms with Crippen LogP contribution in [-0.2, 0) is 0 Å². The fourth-order valence-corrected chi connectivity index (χ4v) is 7.64. The molecule has 59 heavy (non-hydrogen) atoms. The van der Waals surface area contributed by atoms with Gasteiger partial charge in [-0.2, -0.15) is 0 Å². The topological polar surface area (TPSA) is 12.0 Å². The zero-order chi connectivity index (χ0) is 41.0. The first-order valence-electron chi connectivity index (χ1n) is 20.6. The first-order valence-corrected chi connectivity index (χ1v) is 20.6. The highest BCUT2D eigenvalue weighted by atomic mass is 14.8. The van der Waals surface area contributed by atoms with Crippen molar-refractivity contribution in [1.29, 1.82) is 0 Å². The summed E-state index contributed by atoms with van der Waals surface area (Å²) in [4.78, 5) is 0. The van der Waals surface area contributed by atoms with Crippen LogP contribution in [0.5, 0.6) is 0 Å². The standard InChI is InChI=1S/C45H41N.C13H12/c1-5-36-15-11-12-18-43(36)45-31-40(23-20-33(45)3)39-22-19-32(2)44(30-39)42-26-21-35(28-34(42)4)14-8-6-7-13-27-46-41-25-24-37-16-9-10-17-38(37)29-41;1-11-7-9-13(10-8-11)12-5-3-2-4-6-12/h5-18,20-21,23-31,46H,1,19,22H2,2-4H3;2-10H,1H3/b7-6-,14-8-,27-13+;. The predicted molar refractivity (Wildman–Crippen MR) is 259 cm³/mol. The van der Waals surface area contributed by atoms with Gasteiger partial charge in [-0.1, -0.05) is 194 Å². The van der Waals surface area contributed by atoms with E-state index in [2.05, 4.69) is 216 Å². The molecule has 0 atom stereocenters. The zero-order valence-corrected chi connectivity index (χ0v) is 34.8. The van der Waals surface area contributed by atoms with E-state index in [9.17, 15) is 0 Å². The lowest BCUT2D eigenvalue weighted by atomic mass is 9.83. The second-order valence-electron chi connectivity index (χ2n) is 15.3. The van der Waals surface area contributed by atoms with Gasteiger partial charge < -0.3 is 5.32 Å². The number of anilines is 1. The van der Waals surface area contributed by atoms with Gasteiger partial charge in [0, 0.05) is 11.9 Å². The summed E-state index contributed by atoms with van der Waals surface area (Å²) >= 11 is 0. The highest BCUT2D eigenvalue weighted by Gasteiger charge is 2.16. The summed E-state index contributed by atoms with van der Waals surface area (Å²) in [5, 5.41) is 5.84. The van der Waals surface area contributed by atoms with E-state index in [0.29, 0.717) is 0 Å². The zero-order valence-electron chi connectivity index (χ0n) is 34.8. The van der Waals surface area contributed by atoms with Gasteiger partial charge in [0.05, 0.1) is 0 Å². The van der Waals surface area contributed by atoms with Crippen molar-refractivity contribution in [3.8, 4) is 22.3 Å². The van der Waals surface area contributed by atoms with Crippen molar-refractivity contribution in [3.63, 3.8) is 0 Å². The van der Waals surface area contributed by atoms with Crippen LogP contribution >= 0.6 is 0 Å². The highest BCUT2D eigenvalue weighted by Crippen LogP contribution is 2.38. The molecule has 0 aromatic heterocycles. The van der Waals surface area contributed by atoms with Crippen molar-refractivity contribution >= 4 is 39.8 Å². The quantitative estimate of drug-likeness (QED) is 0.137. The van der Waals surface area contributed by atoms with Gasteiger partial charge in [0.1, 0.15) is 0 Å². The van der Waals surface area contributed by atoms with Gasteiger partial charge >= 0.3 is 0 Å². The molecule has 0 aliphatic heterocycles. The number of hydrogen-bond donors (Lipinski definition) is 1. The molecule has 8 rings (SSSR count). The van der Waals surface area contributed by atoms with Crippen LogP contribution in [0.2, 0.25) is 0 Å². The molecule has 290 valence electrons. The molecule has 0 fully saturated rings. The van der Waals surface area contributed by atoms with Crippen molar-refractivity contribution in [2.45, 2.75) is 40.5 Å². The van der Waals surface area contributed by atoms with Gasteiger partial charge in [-0.15, -0.1) is 0 Å². The molecule has 0 radical (unpaired) electrons. The van der Waals surface area contributed by atoms with Gasteiger partial charge in [-0.05, 0) is 142 Å². The van der Waals surface area contributed by atoms with Crippen LogP contribution in [0.15, 0.2) is 206 Å². The molecule has 1 aliphatic carbocycles. The van der Waals surface area contributed by atoms with Crippen LogP contribution in [0.4, 0.5) is 5.69 Å². The molecular formula is C58H53N. The second kappa shape index (κ2) is 19.5. The molecule has 0 bridgehead atoms. The molecule has 1 heteroatoms. The van der Waals surface area contributed by atoms with E-state index in [1.807, 2.05) is 30.5 Å². The number of allylic oxidation sites excluding steroid dienone is 8. The summed E-state index contributed by atoms with van der Waals surface area (Å²) in [5.41, 5.74) is 19.2. The lowest BCUT2D eigenvalue weighted by Gasteiger charge is -2.21. The van der Waals surface area contributed by atoms with Crippen molar-refractivity contribution in [2.24, 2.45) is 0 Å². The van der Waals surface area contributed by atoms with E-state index in [0.717, 1.165) is 18.5 Å². The van der Waals surface area contributed by atoms with Gasteiger partial charge in [0.15, 0.2) is 0 Å². The summed E-state index contributed by atoms with van der Waals surface area (Å²) < 4.78 is 0. The van der Waals surface area contributed by atoms with Gasteiger partial charge in [-0.3, -0.25) is 0 Å². The average Bonchev–Trinajstić information content (AvgIpc) is 3.27. The Balaban J connectivity index is 0.000000343. The Morgan fingerprint density at radius 3 is 2.02 bits per heavy atom. The Morgan fingerprint density at radius 1 is 0.508 bits per heavy atom. The third kappa shape index (κ3) is 10.3. The number of rotatable bonds is 10. The van der Waals surface area contributed by atoms with Gasteiger partial charge in [-0.25, -0.2) is 0 Å². The van der Waals surface area contributed by atoms with Crippen LogP contribution in [0.1, 0.15) is 58.7 Å². The minimum Gasteiger partial charge on any atom is -0.362 e. The summed E-state index contributed by atoms with van der Waals surface area (Å²) in [5.74, 6) is 0. The van der Waals surface area contributed by atoms with E-state index >= 15 is 0 Å². The molecule has 0 spiro atoms. The molecule has 1 nitrogen and oxygen atoms in total. The molecule has 0 saturated heterocycles. The number of benzene rings is 7. The van der Waals surface area contributed by atoms with E-state index < -0.39 is 0 Å². The Kier molecular flexibility index (Phi) is 13.3.